The van der Waals surface area contributed by atoms with Gasteiger partial charge in [0.05, 0.1) is 37.4 Å². The van der Waals surface area contributed by atoms with Gasteiger partial charge in [0.15, 0.2) is 0 Å². The second-order valence-electron chi connectivity index (χ2n) is 7.68. The van der Waals surface area contributed by atoms with E-state index in [-0.39, 0.29) is 22.7 Å². The van der Waals surface area contributed by atoms with Crippen LogP contribution >= 0.6 is 11.3 Å². The number of nitrogens with zero attached hydrogens (tertiary/aromatic N) is 3. The molecule has 0 fully saturated rings. The van der Waals surface area contributed by atoms with Gasteiger partial charge in [-0.25, -0.2) is 14.6 Å². The Labute approximate surface area is 206 Å². The summed E-state index contributed by atoms with van der Waals surface area (Å²) in [6.45, 7) is 1.90. The number of benzene rings is 2. The van der Waals surface area contributed by atoms with Crippen LogP contribution in [0.4, 0.5) is 5.69 Å². The van der Waals surface area contributed by atoms with Gasteiger partial charge in [0.25, 0.3) is 0 Å². The molecule has 35 heavy (non-hydrogen) atoms. The molecule has 2 aromatic carbocycles. The first-order chi connectivity index (χ1) is 16.9. The Balaban J connectivity index is 2.01. The summed E-state index contributed by atoms with van der Waals surface area (Å²) in [5.74, 6) is -2.45. The normalized spacial score (nSPS) is 15.6. The summed E-state index contributed by atoms with van der Waals surface area (Å²) < 4.78 is 10.1. The van der Waals surface area contributed by atoms with Crippen LogP contribution in [-0.2, 0) is 19.1 Å². The lowest BCUT2D eigenvalue weighted by Crippen LogP contribution is -2.40. The molecule has 0 aliphatic carbocycles. The summed E-state index contributed by atoms with van der Waals surface area (Å²) in [6, 6.07) is 18.2. The van der Waals surface area contributed by atoms with Crippen LogP contribution in [0.15, 0.2) is 82.6 Å². The summed E-state index contributed by atoms with van der Waals surface area (Å²) in [6.07, 6.45) is 0. The monoisotopic (exact) mass is 486 g/mol. The summed E-state index contributed by atoms with van der Waals surface area (Å²) in [5, 5.41) is 12.8. The molecule has 0 spiro atoms. The first-order valence-electron chi connectivity index (χ1n) is 10.6. The van der Waals surface area contributed by atoms with E-state index in [4.69, 9.17) is 15.2 Å². The lowest BCUT2D eigenvalue weighted by Gasteiger charge is -2.36. The van der Waals surface area contributed by atoms with Crippen LogP contribution < -0.4 is 10.6 Å². The molecular formula is C26H22N4O4S. The van der Waals surface area contributed by atoms with Crippen molar-refractivity contribution in [2.75, 3.05) is 19.1 Å². The Morgan fingerprint density at radius 2 is 1.80 bits per heavy atom. The Kier molecular flexibility index (Phi) is 6.66. The van der Waals surface area contributed by atoms with Gasteiger partial charge in [0.1, 0.15) is 16.5 Å². The van der Waals surface area contributed by atoms with Gasteiger partial charge in [-0.05, 0) is 24.6 Å². The third-order valence-corrected chi connectivity index (χ3v) is 6.59. The van der Waals surface area contributed by atoms with Crippen molar-refractivity contribution in [2.24, 2.45) is 5.73 Å². The molecule has 1 aromatic heterocycles. The average molecular weight is 487 g/mol. The maximum absolute atomic E-state index is 13.2. The number of anilines is 1. The number of aryl methyl sites for hydroxylation is 1. The topological polar surface area (TPSA) is 119 Å². The van der Waals surface area contributed by atoms with E-state index in [0.29, 0.717) is 11.3 Å². The van der Waals surface area contributed by atoms with Crippen LogP contribution in [0.2, 0.25) is 0 Å². The van der Waals surface area contributed by atoms with E-state index in [9.17, 15) is 14.9 Å². The first-order valence-corrected chi connectivity index (χ1v) is 11.5. The highest BCUT2D eigenvalue weighted by Crippen LogP contribution is 2.43. The molecule has 0 radical (unpaired) electrons. The number of aromatic nitrogens is 1. The fraction of sp³-hybridized carbons (Fsp3) is 0.154. The number of nitriles is 1. The Hall–Kier alpha value is -4.42. The highest BCUT2D eigenvalue weighted by Gasteiger charge is 2.43. The van der Waals surface area contributed by atoms with Crippen LogP contribution in [0.5, 0.6) is 0 Å². The van der Waals surface area contributed by atoms with Crippen LogP contribution in [0.1, 0.15) is 17.2 Å². The van der Waals surface area contributed by atoms with E-state index in [0.717, 1.165) is 16.3 Å². The molecule has 1 aliphatic heterocycles. The highest BCUT2D eigenvalue weighted by molar-refractivity contribution is 7.13. The third-order valence-electron chi connectivity index (χ3n) is 5.58. The van der Waals surface area contributed by atoms with E-state index >= 15 is 0 Å². The maximum Gasteiger partial charge on any atom is 0.355 e. The number of allylic oxidation sites excluding steroid dienone is 1. The number of methoxy groups -OCH3 is 2. The molecule has 4 rings (SSSR count). The molecule has 1 unspecified atom stereocenters. The number of hydrogen-bond donors (Lipinski definition) is 1. The Morgan fingerprint density at radius 1 is 1.09 bits per heavy atom. The van der Waals surface area contributed by atoms with Gasteiger partial charge in [-0.2, -0.15) is 5.26 Å². The van der Waals surface area contributed by atoms with Crippen molar-refractivity contribution >= 4 is 29.0 Å². The van der Waals surface area contributed by atoms with Gasteiger partial charge < -0.3 is 15.2 Å². The zero-order valence-corrected chi connectivity index (χ0v) is 20.1. The van der Waals surface area contributed by atoms with E-state index < -0.39 is 17.9 Å². The van der Waals surface area contributed by atoms with Crippen LogP contribution in [-0.4, -0.2) is 31.1 Å². The molecule has 2 N–H and O–H groups in total. The molecule has 1 aliphatic rings. The Bertz CT molecular complexity index is 1400. The molecule has 1 atom stereocenters. The predicted octanol–water partition coefficient (Wildman–Crippen LogP) is 4.02. The average Bonchev–Trinajstić information content (AvgIpc) is 3.33. The van der Waals surface area contributed by atoms with E-state index in [2.05, 4.69) is 11.1 Å². The number of esters is 2. The largest absolute Gasteiger partial charge is 0.466 e. The van der Waals surface area contributed by atoms with Gasteiger partial charge in [0, 0.05) is 22.3 Å². The highest BCUT2D eigenvalue weighted by atomic mass is 32.1. The van der Waals surface area contributed by atoms with Crippen molar-refractivity contribution in [3.63, 3.8) is 0 Å². The molecule has 0 bridgehead atoms. The van der Waals surface area contributed by atoms with E-state index in [1.54, 1.807) is 42.5 Å². The number of carbonyl (C=O) groups is 2. The molecule has 9 heteroatoms. The minimum atomic E-state index is -0.913. The molecule has 176 valence electrons. The van der Waals surface area contributed by atoms with Crippen molar-refractivity contribution in [3.8, 4) is 16.6 Å². The van der Waals surface area contributed by atoms with E-state index in [1.807, 2.05) is 24.4 Å². The minimum Gasteiger partial charge on any atom is -0.466 e. The summed E-state index contributed by atoms with van der Waals surface area (Å²) in [5.41, 5.74) is 9.26. The molecule has 3 aromatic rings. The smallest absolute Gasteiger partial charge is 0.355 e. The van der Waals surface area contributed by atoms with Crippen LogP contribution in [0, 0.1) is 18.3 Å². The van der Waals surface area contributed by atoms with Crippen molar-refractivity contribution < 1.29 is 19.1 Å². The van der Waals surface area contributed by atoms with Gasteiger partial charge in [-0.3, -0.25) is 4.90 Å². The van der Waals surface area contributed by atoms with Gasteiger partial charge in [-0.15, -0.1) is 11.3 Å². The zero-order chi connectivity index (χ0) is 25.1. The van der Waals surface area contributed by atoms with Crippen LogP contribution in [0.3, 0.4) is 0 Å². The minimum absolute atomic E-state index is 0.0156. The van der Waals surface area contributed by atoms with Gasteiger partial charge in [0.2, 0.25) is 0 Å². The van der Waals surface area contributed by atoms with Crippen molar-refractivity contribution in [1.82, 2.24) is 4.98 Å². The second kappa shape index (κ2) is 9.83. The summed E-state index contributed by atoms with van der Waals surface area (Å²) in [7, 11) is 2.43. The van der Waals surface area contributed by atoms with Gasteiger partial charge in [-0.1, -0.05) is 42.5 Å². The second-order valence-corrected chi connectivity index (χ2v) is 8.54. The third kappa shape index (κ3) is 4.27. The molecule has 0 amide bonds. The van der Waals surface area contributed by atoms with Crippen molar-refractivity contribution in [1.29, 1.82) is 5.26 Å². The number of ether oxygens (including phenoxy) is 2. The predicted molar refractivity (Wildman–Crippen MR) is 132 cm³/mol. The number of carbonyl (C=O) groups excluding carboxylic acids is 2. The lowest BCUT2D eigenvalue weighted by molar-refractivity contribution is -0.139. The summed E-state index contributed by atoms with van der Waals surface area (Å²) >= 11 is 1.48. The summed E-state index contributed by atoms with van der Waals surface area (Å²) in [4.78, 5) is 32.2. The zero-order valence-electron chi connectivity index (χ0n) is 19.3. The number of nitrogens with two attached hydrogens (primary N) is 1. The molecule has 0 saturated heterocycles. The van der Waals surface area contributed by atoms with Crippen molar-refractivity contribution in [3.05, 3.63) is 93.9 Å². The van der Waals surface area contributed by atoms with Gasteiger partial charge >= 0.3 is 11.9 Å². The number of thiazole rings is 1. The lowest BCUT2D eigenvalue weighted by atomic mass is 9.81. The quantitative estimate of drug-likeness (QED) is 0.537. The SMILES string of the molecule is COC(=O)C1=C(C(=O)OC)N(c2cccc(-c3nc(C)cs3)c2)C(N)=C(C#N)C1c1ccccc1. The van der Waals surface area contributed by atoms with E-state index in [1.165, 1.54) is 30.5 Å². The number of hydrogen-bond acceptors (Lipinski definition) is 9. The number of rotatable bonds is 5. The molecule has 2 heterocycles. The van der Waals surface area contributed by atoms with Crippen molar-refractivity contribution in [2.45, 2.75) is 12.8 Å². The van der Waals surface area contributed by atoms with Crippen LogP contribution in [0.25, 0.3) is 10.6 Å². The fourth-order valence-electron chi connectivity index (χ4n) is 4.05. The standard InChI is InChI=1S/C26H22N4O4S/c1-15-14-35-24(29-15)17-10-7-11-18(12-17)30-22(26(32)34-3)21(25(31)33-2)20(19(13-27)23(30)28)16-8-5-4-6-9-16/h4-12,14,20H,28H2,1-3H3. The first kappa shape index (κ1) is 23.7. The molecular weight excluding hydrogens is 464 g/mol. The molecule has 8 nitrogen and oxygen atoms in total. The maximum atomic E-state index is 13.2. The fourth-order valence-corrected chi connectivity index (χ4v) is 4.84. The molecule has 0 saturated carbocycles. The Morgan fingerprint density at radius 3 is 2.40 bits per heavy atom.